The minimum atomic E-state index is -0.258. The first-order valence-electron chi connectivity index (χ1n) is 9.78. The van der Waals surface area contributed by atoms with Crippen molar-refractivity contribution in [3.63, 3.8) is 0 Å². The van der Waals surface area contributed by atoms with Gasteiger partial charge in [0, 0.05) is 22.9 Å². The largest absolute Gasteiger partial charge is 0.494 e. The van der Waals surface area contributed by atoms with Gasteiger partial charge in [0.05, 0.1) is 19.3 Å². The van der Waals surface area contributed by atoms with Crippen molar-refractivity contribution >= 4 is 29.2 Å². The van der Waals surface area contributed by atoms with Gasteiger partial charge in [0.2, 0.25) is 5.96 Å². The molecule has 0 saturated carbocycles. The van der Waals surface area contributed by atoms with Crippen LogP contribution in [0.15, 0.2) is 47.5 Å². The number of aryl methyl sites for hydroxylation is 1. The number of ether oxygens (including phenoxy) is 2. The topological polar surface area (TPSA) is 72.0 Å². The SMILES string of the molecule is CCOc1ccc(C(=O)NC(=NCC2CCCO2)Nc2cc(Cl)ccc2C)cc1. The van der Waals surface area contributed by atoms with Gasteiger partial charge < -0.3 is 14.8 Å². The Hall–Kier alpha value is -2.57. The molecule has 29 heavy (non-hydrogen) atoms. The van der Waals surface area contributed by atoms with E-state index in [-0.39, 0.29) is 12.0 Å². The summed E-state index contributed by atoms with van der Waals surface area (Å²) in [6.07, 6.45) is 2.09. The first-order chi connectivity index (χ1) is 14.0. The Morgan fingerprint density at radius 3 is 2.76 bits per heavy atom. The summed E-state index contributed by atoms with van der Waals surface area (Å²) in [5.41, 5.74) is 2.30. The van der Waals surface area contributed by atoms with Gasteiger partial charge >= 0.3 is 0 Å². The molecular formula is C22H26ClN3O3. The van der Waals surface area contributed by atoms with Crippen LogP contribution in [0.1, 0.15) is 35.7 Å². The highest BCUT2D eigenvalue weighted by Crippen LogP contribution is 2.20. The lowest BCUT2D eigenvalue weighted by atomic mass is 10.2. The summed E-state index contributed by atoms with van der Waals surface area (Å²) in [5.74, 6) is 0.833. The van der Waals surface area contributed by atoms with Crippen molar-refractivity contribution in [2.75, 3.05) is 25.1 Å². The molecule has 1 heterocycles. The summed E-state index contributed by atoms with van der Waals surface area (Å²) < 4.78 is 11.1. The highest BCUT2D eigenvalue weighted by Gasteiger charge is 2.16. The van der Waals surface area contributed by atoms with Crippen molar-refractivity contribution in [3.8, 4) is 5.75 Å². The Morgan fingerprint density at radius 1 is 1.28 bits per heavy atom. The van der Waals surface area contributed by atoms with Crippen LogP contribution in [-0.4, -0.2) is 37.7 Å². The molecule has 0 radical (unpaired) electrons. The fourth-order valence-corrected chi connectivity index (χ4v) is 3.17. The van der Waals surface area contributed by atoms with Crippen LogP contribution in [-0.2, 0) is 4.74 Å². The van der Waals surface area contributed by atoms with E-state index < -0.39 is 0 Å². The Kier molecular flexibility index (Phi) is 7.49. The average molecular weight is 416 g/mol. The zero-order valence-electron chi connectivity index (χ0n) is 16.7. The van der Waals surface area contributed by atoms with Gasteiger partial charge in [-0.05, 0) is 68.7 Å². The maximum Gasteiger partial charge on any atom is 0.257 e. The normalized spacial score (nSPS) is 16.5. The predicted octanol–water partition coefficient (Wildman–Crippen LogP) is 4.42. The van der Waals surface area contributed by atoms with Crippen LogP contribution in [0.5, 0.6) is 5.75 Å². The highest BCUT2D eigenvalue weighted by atomic mass is 35.5. The van der Waals surface area contributed by atoms with E-state index in [4.69, 9.17) is 21.1 Å². The molecule has 7 heteroatoms. The lowest BCUT2D eigenvalue weighted by Crippen LogP contribution is -2.37. The fourth-order valence-electron chi connectivity index (χ4n) is 3.00. The molecule has 1 amide bonds. The van der Waals surface area contributed by atoms with Gasteiger partial charge in [0.25, 0.3) is 5.91 Å². The molecule has 3 rings (SSSR count). The van der Waals surface area contributed by atoms with Crippen LogP contribution >= 0.6 is 11.6 Å². The lowest BCUT2D eigenvalue weighted by molar-refractivity contribution is 0.0975. The molecular weight excluding hydrogens is 390 g/mol. The van der Waals surface area contributed by atoms with Gasteiger partial charge in [0.1, 0.15) is 5.75 Å². The molecule has 1 aliphatic rings. The van der Waals surface area contributed by atoms with E-state index in [0.29, 0.717) is 29.7 Å². The number of carbonyl (C=O) groups excluding carboxylic acids is 1. The number of nitrogens with one attached hydrogen (secondary N) is 2. The van der Waals surface area contributed by atoms with E-state index in [1.54, 1.807) is 24.3 Å². The number of amides is 1. The number of halogens is 1. The van der Waals surface area contributed by atoms with Crippen LogP contribution in [0.3, 0.4) is 0 Å². The third kappa shape index (κ3) is 6.21. The zero-order chi connectivity index (χ0) is 20.6. The van der Waals surface area contributed by atoms with E-state index in [1.165, 1.54) is 0 Å². The van der Waals surface area contributed by atoms with Crippen molar-refractivity contribution in [3.05, 3.63) is 58.6 Å². The summed E-state index contributed by atoms with van der Waals surface area (Å²) in [5, 5.41) is 6.67. The van der Waals surface area contributed by atoms with Gasteiger partial charge in [-0.1, -0.05) is 17.7 Å². The number of hydrogen-bond acceptors (Lipinski definition) is 4. The monoisotopic (exact) mass is 415 g/mol. The summed E-state index contributed by atoms with van der Waals surface area (Å²) >= 11 is 6.12. The molecule has 2 aromatic rings. The third-order valence-electron chi connectivity index (χ3n) is 4.59. The van der Waals surface area contributed by atoms with E-state index in [9.17, 15) is 4.79 Å². The maximum atomic E-state index is 12.7. The lowest BCUT2D eigenvalue weighted by Gasteiger charge is -2.15. The van der Waals surface area contributed by atoms with Crippen molar-refractivity contribution < 1.29 is 14.3 Å². The first-order valence-corrected chi connectivity index (χ1v) is 10.2. The van der Waals surface area contributed by atoms with E-state index in [0.717, 1.165) is 36.4 Å². The molecule has 6 nitrogen and oxygen atoms in total. The van der Waals surface area contributed by atoms with Gasteiger partial charge in [-0.25, -0.2) is 4.99 Å². The number of rotatable bonds is 6. The molecule has 1 aliphatic heterocycles. The fraction of sp³-hybridized carbons (Fsp3) is 0.364. The second-order valence-electron chi connectivity index (χ2n) is 6.82. The van der Waals surface area contributed by atoms with Crippen LogP contribution in [0.25, 0.3) is 0 Å². The minimum absolute atomic E-state index is 0.0784. The number of benzene rings is 2. The highest BCUT2D eigenvalue weighted by molar-refractivity contribution is 6.31. The van der Waals surface area contributed by atoms with E-state index >= 15 is 0 Å². The summed E-state index contributed by atoms with van der Waals surface area (Å²) in [6.45, 7) is 5.69. The van der Waals surface area contributed by atoms with Gasteiger partial charge in [-0.2, -0.15) is 0 Å². The molecule has 0 aromatic heterocycles. The van der Waals surface area contributed by atoms with Gasteiger partial charge in [0.15, 0.2) is 0 Å². The van der Waals surface area contributed by atoms with Crippen LogP contribution in [0.4, 0.5) is 5.69 Å². The summed E-state index contributed by atoms with van der Waals surface area (Å²) in [7, 11) is 0. The van der Waals surface area contributed by atoms with Crippen molar-refractivity contribution in [2.24, 2.45) is 4.99 Å². The average Bonchev–Trinajstić information content (AvgIpc) is 3.23. The molecule has 2 aromatic carbocycles. The second-order valence-corrected chi connectivity index (χ2v) is 7.26. The van der Waals surface area contributed by atoms with E-state index in [1.807, 2.05) is 32.0 Å². The standard InChI is InChI=1S/C22H26ClN3O3/c1-3-28-18-10-7-16(8-11-18)21(27)26-22(24-14-19-5-4-12-29-19)25-20-13-17(23)9-6-15(20)2/h6-11,13,19H,3-5,12,14H2,1-2H3,(H2,24,25,26,27). The van der Waals surface area contributed by atoms with Crippen LogP contribution < -0.4 is 15.4 Å². The molecule has 0 aliphatic carbocycles. The molecule has 1 saturated heterocycles. The predicted molar refractivity (Wildman–Crippen MR) is 116 cm³/mol. The third-order valence-corrected chi connectivity index (χ3v) is 4.82. The Morgan fingerprint density at radius 2 is 2.07 bits per heavy atom. The Balaban J connectivity index is 1.75. The number of anilines is 1. The number of aliphatic imine (C=N–C) groups is 1. The quantitative estimate of drug-likeness (QED) is 0.541. The van der Waals surface area contributed by atoms with Gasteiger partial charge in [-0.3, -0.25) is 10.1 Å². The molecule has 0 spiro atoms. The number of hydrogen-bond donors (Lipinski definition) is 2. The second kappa shape index (κ2) is 10.3. The molecule has 0 bridgehead atoms. The maximum absolute atomic E-state index is 12.7. The van der Waals surface area contributed by atoms with Gasteiger partial charge in [-0.15, -0.1) is 0 Å². The number of nitrogens with zero attached hydrogens (tertiary/aromatic N) is 1. The van der Waals surface area contributed by atoms with Crippen molar-refractivity contribution in [1.82, 2.24) is 5.32 Å². The number of carbonyl (C=O) groups is 1. The summed E-state index contributed by atoms with van der Waals surface area (Å²) in [4.78, 5) is 17.3. The molecule has 1 unspecified atom stereocenters. The smallest absolute Gasteiger partial charge is 0.257 e. The van der Waals surface area contributed by atoms with Crippen LogP contribution in [0, 0.1) is 6.92 Å². The molecule has 154 valence electrons. The first kappa shape index (κ1) is 21.1. The molecule has 2 N–H and O–H groups in total. The number of guanidine groups is 1. The zero-order valence-corrected chi connectivity index (χ0v) is 17.5. The summed E-state index contributed by atoms with van der Waals surface area (Å²) in [6, 6.07) is 12.5. The Labute approximate surface area is 176 Å². The molecule has 1 fully saturated rings. The van der Waals surface area contributed by atoms with Crippen LogP contribution in [0.2, 0.25) is 5.02 Å². The Bertz CT molecular complexity index is 862. The molecule has 1 atom stereocenters. The van der Waals surface area contributed by atoms with E-state index in [2.05, 4.69) is 15.6 Å². The minimum Gasteiger partial charge on any atom is -0.494 e. The van der Waals surface area contributed by atoms with Crippen molar-refractivity contribution in [1.29, 1.82) is 0 Å². The van der Waals surface area contributed by atoms with Crippen molar-refractivity contribution in [2.45, 2.75) is 32.8 Å².